The predicted octanol–water partition coefficient (Wildman–Crippen LogP) is 2.85. The van der Waals surface area contributed by atoms with Crippen molar-refractivity contribution in [1.29, 1.82) is 0 Å². The lowest BCUT2D eigenvalue weighted by Crippen LogP contribution is -2.35. The first-order chi connectivity index (χ1) is 11.5. The van der Waals surface area contributed by atoms with Crippen LogP contribution in [0.3, 0.4) is 0 Å². The number of rotatable bonds is 2. The van der Waals surface area contributed by atoms with Gasteiger partial charge in [0, 0.05) is 23.2 Å². The fourth-order valence-electron chi connectivity index (χ4n) is 2.91. The molecule has 0 atom stereocenters. The molecule has 1 amide bonds. The molecule has 0 aliphatic carbocycles. The number of aryl methyl sites for hydroxylation is 2. The molecule has 0 unspecified atom stereocenters. The van der Waals surface area contributed by atoms with Crippen molar-refractivity contribution in [2.24, 2.45) is 0 Å². The van der Waals surface area contributed by atoms with Crippen molar-refractivity contribution in [3.63, 3.8) is 0 Å². The van der Waals surface area contributed by atoms with Gasteiger partial charge in [0.1, 0.15) is 17.1 Å². The lowest BCUT2D eigenvalue weighted by Gasteiger charge is -2.26. The number of hydrogen-bond acceptors (Lipinski definition) is 5. The van der Waals surface area contributed by atoms with Gasteiger partial charge in [0.25, 0.3) is 5.91 Å². The predicted molar refractivity (Wildman–Crippen MR) is 92.3 cm³/mol. The molecule has 0 saturated heterocycles. The lowest BCUT2D eigenvalue weighted by molar-refractivity contribution is -0.120. The molecule has 1 aliphatic heterocycles. The topological polar surface area (TPSA) is 63.9 Å². The molecule has 0 spiro atoms. The van der Waals surface area contributed by atoms with Crippen LogP contribution >= 0.6 is 11.3 Å². The Morgan fingerprint density at radius 1 is 1.33 bits per heavy atom. The number of ether oxygens (including phenoxy) is 1. The van der Waals surface area contributed by atoms with Crippen LogP contribution in [0.1, 0.15) is 21.1 Å². The van der Waals surface area contributed by atoms with Crippen molar-refractivity contribution in [2.45, 2.75) is 13.8 Å². The molecule has 1 aliphatic rings. The summed E-state index contributed by atoms with van der Waals surface area (Å²) in [7, 11) is 1.72. The number of hydrogen-bond donors (Lipinski definition) is 0. The van der Waals surface area contributed by atoms with Crippen LogP contribution in [0.25, 0.3) is 16.2 Å². The fourth-order valence-corrected chi connectivity index (χ4v) is 3.89. The number of fused-ring (bicyclic) bond motifs is 2. The molecule has 4 rings (SSSR count). The summed E-state index contributed by atoms with van der Waals surface area (Å²) in [6.07, 6.45) is 0.833. The highest BCUT2D eigenvalue weighted by molar-refractivity contribution is 7.17. The first kappa shape index (κ1) is 14.9. The Morgan fingerprint density at radius 3 is 2.88 bits per heavy atom. The van der Waals surface area contributed by atoms with Crippen LogP contribution in [0.2, 0.25) is 0 Å². The van der Waals surface area contributed by atoms with Crippen LogP contribution in [0.15, 0.2) is 18.2 Å². The number of aromatic nitrogens is 2. The highest BCUT2D eigenvalue weighted by atomic mass is 32.1. The zero-order chi connectivity index (χ0) is 17.0. The summed E-state index contributed by atoms with van der Waals surface area (Å²) in [5, 5.41) is 0. The van der Waals surface area contributed by atoms with Gasteiger partial charge in [0.05, 0.1) is 5.69 Å². The lowest BCUT2D eigenvalue weighted by atomic mass is 10.1. The summed E-state index contributed by atoms with van der Waals surface area (Å²) in [5.74, 6) is 0.550. The van der Waals surface area contributed by atoms with Crippen molar-refractivity contribution in [1.82, 2.24) is 9.38 Å². The highest BCUT2D eigenvalue weighted by Gasteiger charge is 2.24. The Morgan fingerprint density at radius 2 is 2.12 bits per heavy atom. The number of carbonyl (C=O) groups is 2. The van der Waals surface area contributed by atoms with Crippen molar-refractivity contribution in [2.75, 3.05) is 18.6 Å². The largest absolute Gasteiger partial charge is 0.482 e. The standard InChI is InChI=1S/C17H15N3O3S/c1-9-10(2)24-17-18-16(13(7-21)20(9)17)11-4-5-14-12(6-11)19(3)15(22)8-23-14/h4-7H,8H2,1-3H3. The Hall–Kier alpha value is -2.67. The van der Waals surface area contributed by atoms with E-state index in [0.29, 0.717) is 22.8 Å². The van der Waals surface area contributed by atoms with Crippen LogP contribution in [0.5, 0.6) is 5.75 Å². The number of benzene rings is 1. The number of aldehydes is 1. The van der Waals surface area contributed by atoms with Crippen molar-refractivity contribution >= 4 is 34.2 Å². The second-order valence-electron chi connectivity index (χ2n) is 5.75. The van der Waals surface area contributed by atoms with Crippen LogP contribution in [-0.4, -0.2) is 35.2 Å². The van der Waals surface area contributed by atoms with Gasteiger partial charge in [-0.05, 0) is 32.0 Å². The molecule has 7 heteroatoms. The minimum atomic E-state index is -0.104. The minimum absolute atomic E-state index is 0.0428. The fraction of sp³-hybridized carbons (Fsp3) is 0.235. The smallest absolute Gasteiger partial charge is 0.264 e. The number of anilines is 1. The van der Waals surface area contributed by atoms with Crippen LogP contribution in [0, 0.1) is 13.8 Å². The average Bonchev–Trinajstić information content (AvgIpc) is 3.07. The maximum absolute atomic E-state index is 11.8. The molecular formula is C17H15N3O3S. The first-order valence-corrected chi connectivity index (χ1v) is 8.30. The Kier molecular flexibility index (Phi) is 3.21. The van der Waals surface area contributed by atoms with Gasteiger partial charge in [-0.3, -0.25) is 14.0 Å². The third-order valence-corrected chi connectivity index (χ3v) is 5.46. The van der Waals surface area contributed by atoms with E-state index in [1.807, 2.05) is 36.4 Å². The molecule has 3 heterocycles. The molecule has 2 aromatic heterocycles. The number of amides is 1. The van der Waals surface area contributed by atoms with Gasteiger partial charge in [0.15, 0.2) is 17.9 Å². The second kappa shape index (κ2) is 5.17. The van der Waals surface area contributed by atoms with E-state index in [0.717, 1.165) is 27.4 Å². The Bertz CT molecular complexity index is 1000. The third-order valence-electron chi connectivity index (χ3n) is 4.40. The van der Waals surface area contributed by atoms with Crippen molar-refractivity contribution in [3.05, 3.63) is 34.5 Å². The molecule has 0 radical (unpaired) electrons. The molecule has 24 heavy (non-hydrogen) atoms. The van der Waals surface area contributed by atoms with E-state index < -0.39 is 0 Å². The summed E-state index contributed by atoms with van der Waals surface area (Å²) in [6, 6.07) is 5.52. The van der Waals surface area contributed by atoms with E-state index in [4.69, 9.17) is 4.74 Å². The molecule has 122 valence electrons. The van der Waals surface area contributed by atoms with Gasteiger partial charge < -0.3 is 9.64 Å². The quantitative estimate of drug-likeness (QED) is 0.673. The van der Waals surface area contributed by atoms with Gasteiger partial charge in [0.2, 0.25) is 0 Å². The number of likely N-dealkylation sites (N-methyl/N-ethyl adjacent to an activating group) is 1. The first-order valence-electron chi connectivity index (χ1n) is 7.48. The maximum Gasteiger partial charge on any atom is 0.264 e. The molecule has 0 fully saturated rings. The summed E-state index contributed by atoms with van der Waals surface area (Å²) >= 11 is 1.56. The van der Waals surface area contributed by atoms with E-state index in [-0.39, 0.29) is 12.5 Å². The zero-order valence-electron chi connectivity index (χ0n) is 13.5. The van der Waals surface area contributed by atoms with Gasteiger partial charge in [-0.1, -0.05) is 0 Å². The maximum atomic E-state index is 11.8. The average molecular weight is 341 g/mol. The van der Waals surface area contributed by atoms with E-state index in [1.165, 1.54) is 0 Å². The molecule has 0 N–H and O–H groups in total. The normalized spacial score (nSPS) is 14.0. The number of imidazole rings is 1. The van der Waals surface area contributed by atoms with Gasteiger partial charge in [-0.2, -0.15) is 0 Å². The van der Waals surface area contributed by atoms with Crippen molar-refractivity contribution in [3.8, 4) is 17.0 Å². The van der Waals surface area contributed by atoms with Gasteiger partial charge in [-0.15, -0.1) is 11.3 Å². The SMILES string of the molecule is Cc1sc2nc(-c3ccc4c(c3)N(C)C(=O)CO4)c(C=O)n2c1C. The summed E-state index contributed by atoms with van der Waals surface area (Å²) in [5.41, 5.74) is 3.63. The molecule has 0 saturated carbocycles. The monoisotopic (exact) mass is 341 g/mol. The number of nitrogens with zero attached hydrogens (tertiary/aromatic N) is 3. The van der Waals surface area contributed by atoms with E-state index in [2.05, 4.69) is 4.98 Å². The zero-order valence-corrected chi connectivity index (χ0v) is 14.3. The van der Waals surface area contributed by atoms with Gasteiger partial charge >= 0.3 is 0 Å². The molecule has 3 aromatic rings. The molecule has 6 nitrogen and oxygen atoms in total. The van der Waals surface area contributed by atoms with Crippen LogP contribution < -0.4 is 9.64 Å². The molecule has 0 bridgehead atoms. The highest BCUT2D eigenvalue weighted by Crippen LogP contribution is 2.37. The molecular weight excluding hydrogens is 326 g/mol. The summed E-state index contributed by atoms with van der Waals surface area (Å²) < 4.78 is 7.33. The van der Waals surface area contributed by atoms with E-state index >= 15 is 0 Å². The minimum Gasteiger partial charge on any atom is -0.482 e. The summed E-state index contributed by atoms with van der Waals surface area (Å²) in [4.78, 5) is 31.7. The molecule has 1 aromatic carbocycles. The van der Waals surface area contributed by atoms with Crippen molar-refractivity contribution < 1.29 is 14.3 Å². The second-order valence-corrected chi connectivity index (χ2v) is 6.93. The van der Waals surface area contributed by atoms with E-state index in [9.17, 15) is 9.59 Å². The van der Waals surface area contributed by atoms with Crippen LogP contribution in [-0.2, 0) is 4.79 Å². The Balaban J connectivity index is 1.92. The number of carbonyl (C=O) groups excluding carboxylic acids is 2. The Labute approximate surface area is 142 Å². The van der Waals surface area contributed by atoms with Gasteiger partial charge in [-0.25, -0.2) is 4.98 Å². The number of thiazole rings is 1. The summed E-state index contributed by atoms with van der Waals surface area (Å²) in [6.45, 7) is 4.03. The van der Waals surface area contributed by atoms with Crippen LogP contribution in [0.4, 0.5) is 5.69 Å². The third kappa shape index (κ3) is 1.98. The van der Waals surface area contributed by atoms with E-state index in [1.54, 1.807) is 23.3 Å².